The third-order valence-electron chi connectivity index (χ3n) is 6.99. The second-order valence-corrected chi connectivity index (χ2v) is 11.5. The largest absolute Gasteiger partial charge is 1.00 e. The lowest BCUT2D eigenvalue weighted by atomic mass is 10.1. The van der Waals surface area contributed by atoms with Gasteiger partial charge in [0.2, 0.25) is 5.51 Å². The maximum absolute atomic E-state index is 13.1. The lowest BCUT2D eigenvalue weighted by Crippen LogP contribution is -3.00. The van der Waals surface area contributed by atoms with Crippen LogP contribution in [0.2, 0.25) is 0 Å². The van der Waals surface area contributed by atoms with Crippen molar-refractivity contribution in [2.24, 2.45) is 0 Å². The first kappa shape index (κ1) is 33.8. The maximum atomic E-state index is 13.1. The van der Waals surface area contributed by atoms with Crippen molar-refractivity contribution in [3.05, 3.63) is 70.2 Å². The quantitative estimate of drug-likeness (QED) is 0.136. The molecule has 1 N–H and O–H groups in total. The zero-order valence-corrected chi connectivity index (χ0v) is 27.0. The fourth-order valence-electron chi connectivity index (χ4n) is 4.69. The maximum Gasteiger partial charge on any atom is 0.259 e. The van der Waals surface area contributed by atoms with Gasteiger partial charge in [-0.2, -0.15) is 4.57 Å². The molecular weight excluding hydrogens is 584 g/mol. The van der Waals surface area contributed by atoms with E-state index in [1.807, 2.05) is 12.1 Å². The number of aryl methyl sites for hydroxylation is 1. The smallest absolute Gasteiger partial charge is 0.259 e. The summed E-state index contributed by atoms with van der Waals surface area (Å²) in [5.41, 5.74) is 4.58. The molecule has 0 bridgehead atoms. The monoisotopic (exact) mass is 630 g/mol. The number of methoxy groups -OCH3 is 1. The van der Waals surface area contributed by atoms with Crippen LogP contribution in [0.4, 0.5) is 5.69 Å². The van der Waals surface area contributed by atoms with Crippen molar-refractivity contribution in [3.63, 3.8) is 0 Å². The van der Waals surface area contributed by atoms with E-state index in [1.165, 1.54) is 74.6 Å². The van der Waals surface area contributed by atoms with Gasteiger partial charge in [0.15, 0.2) is 12.7 Å². The van der Waals surface area contributed by atoms with Crippen LogP contribution in [0.25, 0.3) is 0 Å². The Labute approximate surface area is 256 Å². The van der Waals surface area contributed by atoms with E-state index >= 15 is 0 Å². The van der Waals surface area contributed by atoms with E-state index in [-0.39, 0.29) is 22.9 Å². The van der Waals surface area contributed by atoms with Crippen molar-refractivity contribution in [1.29, 1.82) is 0 Å². The summed E-state index contributed by atoms with van der Waals surface area (Å²) in [6.07, 6.45) is 17.8. The average Bonchev–Trinajstić information content (AvgIpc) is 3.36. The van der Waals surface area contributed by atoms with Gasteiger partial charge < -0.3 is 31.8 Å². The molecule has 1 heterocycles. The van der Waals surface area contributed by atoms with Crippen molar-refractivity contribution in [1.82, 2.24) is 0 Å². The Bertz CT molecular complexity index is 1120. The zero-order chi connectivity index (χ0) is 27.7. The van der Waals surface area contributed by atoms with Crippen molar-refractivity contribution in [2.45, 2.75) is 97.4 Å². The molecule has 220 valence electrons. The fourth-order valence-corrected chi connectivity index (χ4v) is 5.33. The number of amides is 1. The van der Waals surface area contributed by atoms with Crippen LogP contribution in [0.15, 0.2) is 54.2 Å². The molecule has 0 aliphatic heterocycles. The summed E-state index contributed by atoms with van der Waals surface area (Å²) in [5.74, 6) is 1.07. The van der Waals surface area contributed by atoms with Gasteiger partial charge >= 0.3 is 0 Å². The molecule has 0 unspecified atom stereocenters. The number of carbonyl (C=O) groups is 1. The molecule has 0 aliphatic rings. The number of unbranched alkanes of at least 4 members (excludes halogenated alkanes) is 11. The van der Waals surface area contributed by atoms with Crippen LogP contribution in [0.1, 0.15) is 105 Å². The van der Waals surface area contributed by atoms with Crippen molar-refractivity contribution >= 4 is 22.9 Å². The first-order chi connectivity index (χ1) is 19.1. The highest BCUT2D eigenvalue weighted by Crippen LogP contribution is 2.26. The summed E-state index contributed by atoms with van der Waals surface area (Å²) in [6.45, 7) is 5.79. The Kier molecular flexibility index (Phi) is 16.6. The molecule has 7 heteroatoms. The molecule has 3 rings (SSSR count). The number of anilines is 1. The van der Waals surface area contributed by atoms with Crippen LogP contribution in [0.3, 0.4) is 0 Å². The summed E-state index contributed by atoms with van der Waals surface area (Å²) in [4.78, 5) is 14.4. The number of hydrogen-bond donors (Lipinski definition) is 1. The van der Waals surface area contributed by atoms with Gasteiger partial charge in [-0.1, -0.05) is 101 Å². The average molecular weight is 632 g/mol. The Morgan fingerprint density at radius 2 is 1.50 bits per heavy atom. The van der Waals surface area contributed by atoms with E-state index in [0.29, 0.717) is 23.7 Å². The number of ether oxygens (including phenoxy) is 2. The third kappa shape index (κ3) is 12.4. The van der Waals surface area contributed by atoms with Crippen LogP contribution in [-0.2, 0) is 6.54 Å². The molecular formula is C33H47BrN2O3S. The van der Waals surface area contributed by atoms with E-state index in [2.05, 4.69) is 47.6 Å². The Balaban J connectivity index is 0.00000560. The number of thiazole rings is 1. The molecule has 0 radical (unpaired) electrons. The molecule has 0 atom stereocenters. The SMILES string of the molecule is CCCCCCCCCCCCCCOc1cc(OC)ccc1C(=O)Nc1ccc(C[n+]2csc(C)c2)cc1.[Br-]. The highest BCUT2D eigenvalue weighted by molar-refractivity contribution is 7.09. The highest BCUT2D eigenvalue weighted by atomic mass is 79.9. The highest BCUT2D eigenvalue weighted by Gasteiger charge is 2.15. The number of hydrogen-bond acceptors (Lipinski definition) is 4. The zero-order valence-electron chi connectivity index (χ0n) is 24.6. The molecule has 1 amide bonds. The standard InChI is InChI=1S/C33H46N2O3S.BrH/c1-4-5-6-7-8-9-10-11-12-13-14-15-22-38-32-23-30(37-3)20-21-31(32)33(36)34-29-18-16-28(17-19-29)25-35-24-27(2)39-26-35;/h16-21,23-24,26H,4-15,22,25H2,1-3H3;1H. The lowest BCUT2D eigenvalue weighted by molar-refractivity contribution is -0.683. The fraction of sp³-hybridized carbons (Fsp3) is 0.515. The molecule has 40 heavy (non-hydrogen) atoms. The minimum atomic E-state index is -0.182. The first-order valence-electron chi connectivity index (χ1n) is 14.7. The van der Waals surface area contributed by atoms with Gasteiger partial charge in [-0.15, -0.1) is 0 Å². The molecule has 2 aromatic carbocycles. The number of halogens is 1. The number of carbonyl (C=O) groups excluding carboxylic acids is 1. The minimum absolute atomic E-state index is 0. The van der Waals surface area contributed by atoms with Gasteiger partial charge in [0.1, 0.15) is 11.5 Å². The van der Waals surface area contributed by atoms with E-state index in [4.69, 9.17) is 9.47 Å². The van der Waals surface area contributed by atoms with Gasteiger partial charge in [-0.3, -0.25) is 4.79 Å². The number of nitrogens with zero attached hydrogens (tertiary/aromatic N) is 1. The van der Waals surface area contributed by atoms with E-state index in [1.54, 1.807) is 36.6 Å². The van der Waals surface area contributed by atoms with Gasteiger partial charge in [0.05, 0.1) is 24.2 Å². The van der Waals surface area contributed by atoms with Gasteiger partial charge in [-0.25, -0.2) is 0 Å². The topological polar surface area (TPSA) is 51.4 Å². The first-order valence-corrected chi connectivity index (χ1v) is 15.6. The number of aromatic nitrogens is 1. The minimum Gasteiger partial charge on any atom is -1.00 e. The predicted octanol–water partition coefficient (Wildman–Crippen LogP) is 5.74. The molecule has 0 aliphatic carbocycles. The molecule has 0 saturated carbocycles. The van der Waals surface area contributed by atoms with Crippen molar-refractivity contribution in [3.8, 4) is 11.5 Å². The summed E-state index contributed by atoms with van der Waals surface area (Å²) in [7, 11) is 1.63. The summed E-state index contributed by atoms with van der Waals surface area (Å²) < 4.78 is 13.6. The van der Waals surface area contributed by atoms with Gasteiger partial charge in [-0.05, 0) is 37.6 Å². The molecule has 5 nitrogen and oxygen atoms in total. The summed E-state index contributed by atoms with van der Waals surface area (Å²) in [6, 6.07) is 13.4. The molecule has 0 spiro atoms. The number of benzene rings is 2. The van der Waals surface area contributed by atoms with Crippen LogP contribution in [-0.4, -0.2) is 19.6 Å². The molecule has 0 saturated heterocycles. The lowest BCUT2D eigenvalue weighted by Gasteiger charge is -2.13. The summed E-state index contributed by atoms with van der Waals surface area (Å²) >= 11 is 1.74. The van der Waals surface area contributed by atoms with Crippen molar-refractivity contribution in [2.75, 3.05) is 19.0 Å². The summed E-state index contributed by atoms with van der Waals surface area (Å²) in [5, 5.41) is 3.02. The predicted molar refractivity (Wildman–Crippen MR) is 162 cm³/mol. The Morgan fingerprint density at radius 1 is 0.875 bits per heavy atom. The van der Waals surface area contributed by atoms with Crippen LogP contribution in [0, 0.1) is 6.92 Å². The Morgan fingerprint density at radius 3 is 2.08 bits per heavy atom. The van der Waals surface area contributed by atoms with Gasteiger partial charge in [0, 0.05) is 17.3 Å². The Hall–Kier alpha value is -2.38. The van der Waals surface area contributed by atoms with Crippen LogP contribution >= 0.6 is 11.3 Å². The normalized spacial score (nSPS) is 10.7. The van der Waals surface area contributed by atoms with Crippen LogP contribution < -0.4 is 36.3 Å². The second-order valence-electron chi connectivity index (χ2n) is 10.4. The molecule has 1 aromatic heterocycles. The molecule has 3 aromatic rings. The third-order valence-corrected chi connectivity index (χ3v) is 7.84. The molecule has 0 fully saturated rings. The van der Waals surface area contributed by atoms with E-state index in [0.717, 1.165) is 25.1 Å². The van der Waals surface area contributed by atoms with Crippen molar-refractivity contribution < 1.29 is 35.8 Å². The number of nitrogens with one attached hydrogen (secondary N) is 1. The van der Waals surface area contributed by atoms with Crippen LogP contribution in [0.5, 0.6) is 11.5 Å². The van der Waals surface area contributed by atoms with Gasteiger partial charge in [0.25, 0.3) is 5.91 Å². The number of rotatable bonds is 19. The van der Waals surface area contributed by atoms with E-state index < -0.39 is 0 Å². The van der Waals surface area contributed by atoms with E-state index in [9.17, 15) is 4.79 Å². The second kappa shape index (κ2) is 19.7.